The van der Waals surface area contributed by atoms with E-state index >= 15 is 0 Å². The maximum absolute atomic E-state index is 13.8. The molecule has 0 radical (unpaired) electrons. The number of carbonyl (C=O) groups is 1. The number of nitrogens with zero attached hydrogens (tertiary/aromatic N) is 1. The summed E-state index contributed by atoms with van der Waals surface area (Å²) in [6, 6.07) is 13.0. The summed E-state index contributed by atoms with van der Waals surface area (Å²) in [5.41, 5.74) is 0.709. The zero-order chi connectivity index (χ0) is 19.2. The highest BCUT2D eigenvalue weighted by Gasteiger charge is 2.15. The Balaban J connectivity index is 1.87. The minimum Gasteiger partial charge on any atom is -0.454 e. The van der Waals surface area contributed by atoms with Crippen LogP contribution in [0.15, 0.2) is 42.5 Å². The Morgan fingerprint density at radius 2 is 1.88 bits per heavy atom. The summed E-state index contributed by atoms with van der Waals surface area (Å²) in [6.45, 7) is 5.87. The predicted octanol–water partition coefficient (Wildman–Crippen LogP) is 4.56. The minimum absolute atomic E-state index is 0.0587. The van der Waals surface area contributed by atoms with Gasteiger partial charge in [-0.05, 0) is 63.1 Å². The lowest BCUT2D eigenvalue weighted by Gasteiger charge is -2.19. The van der Waals surface area contributed by atoms with Gasteiger partial charge in [-0.15, -0.1) is 0 Å². The molecule has 0 heterocycles. The largest absolute Gasteiger partial charge is 0.454 e. The van der Waals surface area contributed by atoms with Gasteiger partial charge in [0.2, 0.25) is 0 Å². The van der Waals surface area contributed by atoms with Crippen molar-refractivity contribution in [2.24, 2.45) is 0 Å². The van der Waals surface area contributed by atoms with Gasteiger partial charge >= 0.3 is 6.09 Å². The number of rotatable bonds is 5. The van der Waals surface area contributed by atoms with Crippen molar-refractivity contribution in [2.45, 2.75) is 32.8 Å². The SMILES string of the molecule is CC(C)(C)OC(=O)NCCc1ccc(Oc2ccc(C#N)cc2F)cc1. The van der Waals surface area contributed by atoms with Crippen LogP contribution in [0, 0.1) is 17.1 Å². The van der Waals surface area contributed by atoms with Gasteiger partial charge in [0, 0.05) is 6.54 Å². The Labute approximate surface area is 152 Å². The molecule has 2 aromatic rings. The fraction of sp³-hybridized carbons (Fsp3) is 0.300. The van der Waals surface area contributed by atoms with Crippen LogP contribution in [-0.2, 0) is 11.2 Å². The molecule has 0 atom stereocenters. The van der Waals surface area contributed by atoms with Crippen molar-refractivity contribution in [3.8, 4) is 17.6 Å². The van der Waals surface area contributed by atoms with Crippen molar-refractivity contribution >= 4 is 6.09 Å². The highest BCUT2D eigenvalue weighted by Crippen LogP contribution is 2.25. The highest BCUT2D eigenvalue weighted by atomic mass is 19.1. The number of hydrogen-bond donors (Lipinski definition) is 1. The third-order valence-electron chi connectivity index (χ3n) is 3.29. The van der Waals surface area contributed by atoms with Crippen molar-refractivity contribution in [1.82, 2.24) is 5.32 Å². The number of amides is 1. The van der Waals surface area contributed by atoms with Crippen LogP contribution in [0.3, 0.4) is 0 Å². The number of carbonyl (C=O) groups excluding carboxylic acids is 1. The molecule has 0 saturated carbocycles. The molecule has 0 aliphatic carbocycles. The fourth-order valence-corrected chi connectivity index (χ4v) is 2.13. The second kappa shape index (κ2) is 8.34. The molecule has 2 rings (SSSR count). The summed E-state index contributed by atoms with van der Waals surface area (Å²) in [4.78, 5) is 11.6. The number of alkyl carbamates (subject to hydrolysis) is 1. The fourth-order valence-electron chi connectivity index (χ4n) is 2.13. The average Bonchev–Trinajstić information content (AvgIpc) is 2.56. The molecule has 0 spiro atoms. The van der Waals surface area contributed by atoms with E-state index in [9.17, 15) is 9.18 Å². The summed E-state index contributed by atoms with van der Waals surface area (Å²) < 4.78 is 24.5. The van der Waals surface area contributed by atoms with Crippen LogP contribution >= 0.6 is 0 Å². The average molecular weight is 356 g/mol. The molecule has 0 aromatic heterocycles. The van der Waals surface area contributed by atoms with E-state index in [4.69, 9.17) is 14.7 Å². The first-order chi connectivity index (χ1) is 12.3. The van der Waals surface area contributed by atoms with Crippen LogP contribution in [0.5, 0.6) is 11.5 Å². The summed E-state index contributed by atoms with van der Waals surface area (Å²) in [5.74, 6) is -0.0458. The van der Waals surface area contributed by atoms with Gasteiger partial charge in [0.1, 0.15) is 11.4 Å². The smallest absolute Gasteiger partial charge is 0.407 e. The molecule has 0 unspecified atom stereocenters. The molecule has 0 saturated heterocycles. The molecule has 136 valence electrons. The second-order valence-electron chi connectivity index (χ2n) is 6.68. The number of hydrogen-bond acceptors (Lipinski definition) is 4. The number of nitrogens with one attached hydrogen (secondary N) is 1. The monoisotopic (exact) mass is 356 g/mol. The van der Waals surface area contributed by atoms with Gasteiger partial charge in [-0.25, -0.2) is 9.18 Å². The number of nitriles is 1. The summed E-state index contributed by atoms with van der Waals surface area (Å²) >= 11 is 0. The molecule has 0 bridgehead atoms. The number of benzene rings is 2. The molecular formula is C20H21FN2O3. The van der Waals surface area contributed by atoms with E-state index in [0.29, 0.717) is 18.7 Å². The quantitative estimate of drug-likeness (QED) is 0.853. The van der Waals surface area contributed by atoms with E-state index in [2.05, 4.69) is 5.32 Å². The van der Waals surface area contributed by atoms with Crippen molar-refractivity contribution in [1.29, 1.82) is 5.26 Å². The maximum atomic E-state index is 13.8. The predicted molar refractivity (Wildman–Crippen MR) is 95.6 cm³/mol. The van der Waals surface area contributed by atoms with Crippen LogP contribution in [0.25, 0.3) is 0 Å². The van der Waals surface area contributed by atoms with E-state index in [1.54, 1.807) is 12.1 Å². The number of ether oxygens (including phenoxy) is 2. The van der Waals surface area contributed by atoms with Gasteiger partial charge in [0.25, 0.3) is 0 Å². The van der Waals surface area contributed by atoms with E-state index in [0.717, 1.165) is 11.6 Å². The Bertz CT molecular complexity index is 805. The highest BCUT2D eigenvalue weighted by molar-refractivity contribution is 5.67. The van der Waals surface area contributed by atoms with E-state index in [-0.39, 0.29) is 11.3 Å². The Morgan fingerprint density at radius 1 is 1.19 bits per heavy atom. The Kier molecular flexibility index (Phi) is 6.18. The summed E-state index contributed by atoms with van der Waals surface area (Å²) in [5, 5.41) is 11.4. The van der Waals surface area contributed by atoms with Crippen molar-refractivity contribution in [3.05, 3.63) is 59.4 Å². The summed E-state index contributed by atoms with van der Waals surface area (Å²) in [6.07, 6.45) is 0.179. The number of halogens is 1. The van der Waals surface area contributed by atoms with Gasteiger partial charge in [-0.1, -0.05) is 12.1 Å². The molecule has 2 aromatic carbocycles. The zero-order valence-corrected chi connectivity index (χ0v) is 15.0. The van der Waals surface area contributed by atoms with Crippen LogP contribution in [0.4, 0.5) is 9.18 Å². The first kappa shape index (κ1) is 19.3. The third kappa shape index (κ3) is 6.10. The van der Waals surface area contributed by atoms with Crippen molar-refractivity contribution < 1.29 is 18.7 Å². The molecule has 1 N–H and O–H groups in total. The van der Waals surface area contributed by atoms with Gasteiger partial charge < -0.3 is 14.8 Å². The normalized spacial score (nSPS) is 10.7. The molecule has 0 fully saturated rings. The molecule has 26 heavy (non-hydrogen) atoms. The zero-order valence-electron chi connectivity index (χ0n) is 15.0. The topological polar surface area (TPSA) is 71.3 Å². The second-order valence-corrected chi connectivity index (χ2v) is 6.68. The molecule has 0 aliphatic heterocycles. The van der Waals surface area contributed by atoms with E-state index < -0.39 is 17.5 Å². The van der Waals surface area contributed by atoms with E-state index in [1.165, 1.54) is 12.1 Å². The van der Waals surface area contributed by atoms with Crippen LogP contribution in [0.2, 0.25) is 0 Å². The van der Waals surface area contributed by atoms with Crippen LogP contribution in [-0.4, -0.2) is 18.2 Å². The standard InChI is InChI=1S/C20H21FN2O3/c1-20(2,3)26-19(24)23-11-10-14-4-7-16(8-5-14)25-18-9-6-15(13-22)12-17(18)21/h4-9,12H,10-11H2,1-3H3,(H,23,24). The minimum atomic E-state index is -0.588. The van der Waals surface area contributed by atoms with Crippen molar-refractivity contribution in [2.75, 3.05) is 6.54 Å². The molecule has 1 amide bonds. The molecule has 6 heteroatoms. The van der Waals surface area contributed by atoms with Crippen LogP contribution < -0.4 is 10.1 Å². The van der Waals surface area contributed by atoms with Crippen molar-refractivity contribution in [3.63, 3.8) is 0 Å². The lowest BCUT2D eigenvalue weighted by atomic mass is 10.1. The molecular weight excluding hydrogens is 335 g/mol. The summed E-state index contributed by atoms with van der Waals surface area (Å²) in [7, 11) is 0. The maximum Gasteiger partial charge on any atom is 0.407 e. The van der Waals surface area contributed by atoms with Crippen LogP contribution in [0.1, 0.15) is 31.9 Å². The first-order valence-electron chi connectivity index (χ1n) is 8.20. The van der Waals surface area contributed by atoms with Gasteiger partial charge in [-0.3, -0.25) is 0 Å². The molecule has 5 nitrogen and oxygen atoms in total. The molecule has 0 aliphatic rings. The van der Waals surface area contributed by atoms with Gasteiger partial charge in [0.05, 0.1) is 11.6 Å². The van der Waals surface area contributed by atoms with Gasteiger partial charge in [-0.2, -0.15) is 5.26 Å². The Hall–Kier alpha value is -3.07. The van der Waals surface area contributed by atoms with Gasteiger partial charge in [0.15, 0.2) is 11.6 Å². The Morgan fingerprint density at radius 3 is 2.46 bits per heavy atom. The first-order valence-corrected chi connectivity index (χ1v) is 8.20. The lowest BCUT2D eigenvalue weighted by Crippen LogP contribution is -2.33. The van der Waals surface area contributed by atoms with E-state index in [1.807, 2.05) is 39.0 Å². The third-order valence-corrected chi connectivity index (χ3v) is 3.29. The lowest BCUT2D eigenvalue weighted by molar-refractivity contribution is 0.0528.